The summed E-state index contributed by atoms with van der Waals surface area (Å²) in [4.78, 5) is 11.8. The first-order valence-electron chi connectivity index (χ1n) is 6.35. The fourth-order valence-corrected chi connectivity index (χ4v) is 1.73. The first-order valence-corrected chi connectivity index (χ1v) is 7.71. The van der Waals surface area contributed by atoms with E-state index in [-0.39, 0.29) is 17.4 Å². The Kier molecular flexibility index (Phi) is 6.10. The highest BCUT2D eigenvalue weighted by Gasteiger charge is 2.14. The molecule has 1 rings (SSSR count). The van der Waals surface area contributed by atoms with Crippen LogP contribution >= 0.6 is 0 Å². The molecule has 0 amide bonds. The van der Waals surface area contributed by atoms with E-state index >= 15 is 0 Å². The lowest BCUT2D eigenvalue weighted by Gasteiger charge is -2.09. The maximum absolute atomic E-state index is 11.8. The van der Waals surface area contributed by atoms with Gasteiger partial charge >= 0.3 is 16.4 Å². The molecule has 1 N–H and O–H groups in total. The molecule has 1 aromatic carbocycles. The lowest BCUT2D eigenvalue weighted by Crippen LogP contribution is -2.15. The molecular weight excluding hydrogens is 310 g/mol. The highest BCUT2D eigenvalue weighted by molar-refractivity contribution is 7.81. The molecule has 1 atom stereocenters. The third-order valence-electron chi connectivity index (χ3n) is 2.62. The van der Waals surface area contributed by atoms with Gasteiger partial charge in [-0.15, -0.1) is 0 Å². The van der Waals surface area contributed by atoms with Crippen molar-refractivity contribution in [2.75, 3.05) is 0 Å². The maximum Gasteiger partial charge on any atom is 0.446 e. The molecule has 0 aliphatic carbocycles. The fourth-order valence-electron chi connectivity index (χ4n) is 1.37. The number of carbonyl (C=O) groups is 1. The molecule has 0 heterocycles. The van der Waals surface area contributed by atoms with Gasteiger partial charge in [0, 0.05) is 0 Å². The number of hydrogen-bond acceptors (Lipinski definition) is 6. The van der Waals surface area contributed by atoms with E-state index in [0.717, 1.165) is 0 Å². The molecule has 0 fully saturated rings. The van der Waals surface area contributed by atoms with E-state index < -0.39 is 16.4 Å². The first-order chi connectivity index (χ1) is 10.2. The summed E-state index contributed by atoms with van der Waals surface area (Å²) < 4.78 is 38.9. The van der Waals surface area contributed by atoms with Gasteiger partial charge in [-0.2, -0.15) is 13.7 Å². The van der Waals surface area contributed by atoms with E-state index in [0.29, 0.717) is 12.0 Å². The average Bonchev–Trinajstić information content (AvgIpc) is 2.44. The van der Waals surface area contributed by atoms with Crippen molar-refractivity contribution in [1.29, 1.82) is 5.26 Å². The van der Waals surface area contributed by atoms with E-state index in [4.69, 9.17) is 14.6 Å². The summed E-state index contributed by atoms with van der Waals surface area (Å²) in [5.41, 5.74) is 0.295. The van der Waals surface area contributed by atoms with Gasteiger partial charge in [0.25, 0.3) is 0 Å². The molecule has 1 aromatic rings. The number of esters is 1. The monoisotopic (exact) mass is 325 g/mol. The lowest BCUT2D eigenvalue weighted by molar-refractivity contribution is -0.142. The number of nitriles is 1. The quantitative estimate of drug-likeness (QED) is 0.369. The number of ether oxygens (including phenoxy) is 1. The molecule has 0 bridgehead atoms. The predicted molar refractivity (Wildman–Crippen MR) is 78.1 cm³/mol. The molecule has 0 spiro atoms. The largest absolute Gasteiger partial charge is 0.459 e. The van der Waals surface area contributed by atoms with E-state index in [1.165, 1.54) is 30.3 Å². The van der Waals surface area contributed by atoms with Crippen molar-refractivity contribution in [3.63, 3.8) is 0 Å². The number of hydrogen-bond donors (Lipinski definition) is 1. The molecule has 118 valence electrons. The molecule has 8 heteroatoms. The minimum atomic E-state index is -4.59. The number of rotatable bonds is 6. The van der Waals surface area contributed by atoms with Crippen molar-refractivity contribution in [2.24, 2.45) is 0 Å². The van der Waals surface area contributed by atoms with E-state index in [1.54, 1.807) is 13.0 Å². The zero-order valence-corrected chi connectivity index (χ0v) is 12.8. The Balaban J connectivity index is 2.90. The van der Waals surface area contributed by atoms with Crippen LogP contribution < -0.4 is 4.18 Å². The van der Waals surface area contributed by atoms with Crippen LogP contribution in [0.4, 0.5) is 0 Å². The molecule has 0 aromatic heterocycles. The van der Waals surface area contributed by atoms with Crippen LogP contribution in [0.2, 0.25) is 0 Å². The van der Waals surface area contributed by atoms with E-state index in [9.17, 15) is 13.2 Å². The van der Waals surface area contributed by atoms with Crippen molar-refractivity contribution in [3.05, 3.63) is 35.4 Å². The Bertz CT molecular complexity index is 700. The van der Waals surface area contributed by atoms with Gasteiger partial charge < -0.3 is 8.92 Å². The molecule has 0 saturated carbocycles. The maximum atomic E-state index is 11.8. The van der Waals surface area contributed by atoms with Crippen molar-refractivity contribution >= 4 is 22.4 Å². The molecule has 0 aliphatic rings. The summed E-state index contributed by atoms with van der Waals surface area (Å²) in [5.74, 6) is -0.824. The summed E-state index contributed by atoms with van der Waals surface area (Å²) in [6, 6.07) is 7.15. The number of benzene rings is 1. The molecule has 0 aliphatic heterocycles. The summed E-state index contributed by atoms with van der Waals surface area (Å²) in [5, 5.41) is 8.99. The van der Waals surface area contributed by atoms with Crippen molar-refractivity contribution in [1.82, 2.24) is 0 Å². The van der Waals surface area contributed by atoms with E-state index in [2.05, 4.69) is 4.18 Å². The second-order valence-corrected chi connectivity index (χ2v) is 5.40. The van der Waals surface area contributed by atoms with Crippen LogP contribution in [-0.2, 0) is 19.9 Å². The third-order valence-corrected chi connectivity index (χ3v) is 3.02. The minimum absolute atomic E-state index is 0.0969. The fraction of sp³-hybridized carbons (Fsp3) is 0.286. The Morgan fingerprint density at radius 3 is 2.45 bits per heavy atom. The molecular formula is C14H15NO6S. The van der Waals surface area contributed by atoms with Crippen LogP contribution in [0.15, 0.2) is 29.8 Å². The Morgan fingerprint density at radius 2 is 2.00 bits per heavy atom. The van der Waals surface area contributed by atoms with Crippen LogP contribution in [0, 0.1) is 11.3 Å². The third kappa shape index (κ3) is 5.95. The average molecular weight is 325 g/mol. The summed E-state index contributed by atoms with van der Waals surface area (Å²) in [6.45, 7) is 3.57. The second-order valence-electron chi connectivity index (χ2n) is 4.37. The summed E-state index contributed by atoms with van der Waals surface area (Å²) in [6.07, 6.45) is 1.64. The van der Waals surface area contributed by atoms with Gasteiger partial charge in [0.2, 0.25) is 0 Å². The highest BCUT2D eigenvalue weighted by Crippen LogP contribution is 2.16. The zero-order chi connectivity index (χ0) is 16.8. The van der Waals surface area contributed by atoms with Gasteiger partial charge in [-0.1, -0.05) is 19.1 Å². The molecule has 1 unspecified atom stereocenters. The van der Waals surface area contributed by atoms with Gasteiger partial charge in [0.1, 0.15) is 17.4 Å². The number of carbonyl (C=O) groups excluding carboxylic acids is 1. The predicted octanol–water partition coefficient (Wildman–Crippen LogP) is 2.12. The van der Waals surface area contributed by atoms with Crippen LogP contribution in [0.5, 0.6) is 5.75 Å². The van der Waals surface area contributed by atoms with Gasteiger partial charge in [0.05, 0.1) is 6.10 Å². The molecule has 0 radical (unpaired) electrons. The van der Waals surface area contributed by atoms with Gasteiger partial charge in [0.15, 0.2) is 0 Å². The van der Waals surface area contributed by atoms with Crippen LogP contribution in [0.1, 0.15) is 25.8 Å². The Labute approximate surface area is 128 Å². The van der Waals surface area contributed by atoms with Gasteiger partial charge in [-0.25, -0.2) is 4.79 Å². The lowest BCUT2D eigenvalue weighted by atomic mass is 10.1. The second kappa shape index (κ2) is 7.59. The van der Waals surface area contributed by atoms with Crippen molar-refractivity contribution < 1.29 is 26.7 Å². The van der Waals surface area contributed by atoms with E-state index in [1.807, 2.05) is 6.92 Å². The minimum Gasteiger partial charge on any atom is -0.459 e. The molecule has 22 heavy (non-hydrogen) atoms. The van der Waals surface area contributed by atoms with Crippen molar-refractivity contribution in [2.45, 2.75) is 26.4 Å². The van der Waals surface area contributed by atoms with Crippen LogP contribution in [0.3, 0.4) is 0 Å². The zero-order valence-electron chi connectivity index (χ0n) is 12.0. The smallest absolute Gasteiger partial charge is 0.446 e. The van der Waals surface area contributed by atoms with Crippen LogP contribution in [-0.4, -0.2) is 25.0 Å². The molecule has 7 nitrogen and oxygen atoms in total. The summed E-state index contributed by atoms with van der Waals surface area (Å²) >= 11 is 0. The number of nitrogens with zero attached hydrogens (tertiary/aromatic N) is 1. The van der Waals surface area contributed by atoms with Gasteiger partial charge in [-0.3, -0.25) is 4.55 Å². The van der Waals surface area contributed by atoms with Gasteiger partial charge in [-0.05, 0) is 37.1 Å². The normalized spacial score (nSPS) is 13.1. The molecule has 0 saturated heterocycles. The standard InChI is InChI=1S/C14H15NO6S/c1-3-10(2)20-14(16)12(9-15)8-11-4-6-13(7-5-11)21-22(17,18)19/h4-8,10H,3H2,1-2H3,(H,17,18,19). The topological polar surface area (TPSA) is 114 Å². The summed E-state index contributed by atoms with van der Waals surface area (Å²) in [7, 11) is -4.59. The highest BCUT2D eigenvalue weighted by atomic mass is 32.3. The SMILES string of the molecule is CCC(C)OC(=O)C(C#N)=Cc1ccc(OS(=O)(=O)O)cc1. The first kappa shape index (κ1) is 17.7. The van der Waals surface area contributed by atoms with Crippen molar-refractivity contribution in [3.8, 4) is 11.8 Å². The Hall–Kier alpha value is -2.37. The van der Waals surface area contributed by atoms with Crippen LogP contribution in [0.25, 0.3) is 6.08 Å². The Morgan fingerprint density at radius 1 is 1.41 bits per heavy atom.